The molecule has 5 nitrogen and oxygen atoms in total. The molecule has 0 saturated heterocycles. The Hall–Kier alpha value is -2.43. The molecule has 1 unspecified atom stereocenters. The van der Waals surface area contributed by atoms with E-state index in [1.807, 2.05) is 18.2 Å². The molecule has 1 atom stereocenters. The molecule has 3 rings (SSSR count). The fraction of sp³-hybridized carbons (Fsp3) is 0.389. The fourth-order valence-electron chi connectivity index (χ4n) is 3.34. The van der Waals surface area contributed by atoms with Crippen molar-refractivity contribution >= 4 is 11.7 Å². The van der Waals surface area contributed by atoms with E-state index in [-0.39, 0.29) is 6.04 Å². The second-order valence-corrected chi connectivity index (χ2v) is 6.12. The highest BCUT2D eigenvalue weighted by atomic mass is 16.2. The van der Waals surface area contributed by atoms with Gasteiger partial charge in [-0.15, -0.1) is 0 Å². The third-order valence-corrected chi connectivity index (χ3v) is 4.62. The van der Waals surface area contributed by atoms with Crippen LogP contribution in [0.3, 0.4) is 0 Å². The van der Waals surface area contributed by atoms with Crippen molar-refractivity contribution in [1.29, 1.82) is 0 Å². The first-order valence-corrected chi connectivity index (χ1v) is 7.92. The van der Waals surface area contributed by atoms with E-state index < -0.39 is 11.7 Å². The molecule has 0 radical (unpaired) electrons. The number of ketones is 1. The van der Waals surface area contributed by atoms with Gasteiger partial charge in [-0.25, -0.2) is 0 Å². The van der Waals surface area contributed by atoms with E-state index in [0.717, 1.165) is 24.8 Å². The molecule has 2 aromatic rings. The summed E-state index contributed by atoms with van der Waals surface area (Å²) >= 11 is 0. The van der Waals surface area contributed by atoms with Crippen LogP contribution in [0, 0.1) is 13.8 Å². The van der Waals surface area contributed by atoms with Crippen molar-refractivity contribution in [2.24, 2.45) is 7.05 Å². The second kappa shape index (κ2) is 5.99. The Balaban J connectivity index is 1.81. The molecule has 1 aliphatic carbocycles. The second-order valence-electron chi connectivity index (χ2n) is 6.12. The maximum atomic E-state index is 12.5. The zero-order chi connectivity index (χ0) is 16.6. The van der Waals surface area contributed by atoms with Gasteiger partial charge in [0.25, 0.3) is 11.7 Å². The van der Waals surface area contributed by atoms with Gasteiger partial charge in [0, 0.05) is 12.7 Å². The Bertz CT molecular complexity index is 777. The smallest absolute Gasteiger partial charge is 0.293 e. The minimum Gasteiger partial charge on any atom is -0.342 e. The Morgan fingerprint density at radius 1 is 1.26 bits per heavy atom. The maximum absolute atomic E-state index is 12.5. The summed E-state index contributed by atoms with van der Waals surface area (Å²) in [5, 5.41) is 7.12. The molecular formula is C18H21N3O2. The Kier molecular flexibility index (Phi) is 4.03. The predicted octanol–water partition coefficient (Wildman–Crippen LogP) is 2.41. The van der Waals surface area contributed by atoms with E-state index in [0.29, 0.717) is 17.0 Å². The minimum absolute atomic E-state index is 0.0892. The van der Waals surface area contributed by atoms with Crippen molar-refractivity contribution in [3.05, 3.63) is 52.3 Å². The molecule has 0 bridgehead atoms. The normalized spacial score (nSPS) is 16.7. The number of Topliss-reactive ketones (excluding diaryl/α,β-unsaturated/α-hetero) is 1. The van der Waals surface area contributed by atoms with Gasteiger partial charge in [-0.2, -0.15) is 5.10 Å². The number of hydrogen-bond acceptors (Lipinski definition) is 3. The average molecular weight is 311 g/mol. The molecule has 0 aliphatic heterocycles. The van der Waals surface area contributed by atoms with Gasteiger partial charge in [0.15, 0.2) is 0 Å². The van der Waals surface area contributed by atoms with E-state index in [9.17, 15) is 9.59 Å². The summed E-state index contributed by atoms with van der Waals surface area (Å²) in [5.41, 5.74) is 4.10. The van der Waals surface area contributed by atoms with E-state index in [1.165, 1.54) is 5.56 Å². The van der Waals surface area contributed by atoms with Crippen LogP contribution in [0.5, 0.6) is 0 Å². The number of aryl methyl sites for hydroxylation is 3. The lowest BCUT2D eigenvalue weighted by molar-refractivity contribution is -0.117. The molecule has 23 heavy (non-hydrogen) atoms. The van der Waals surface area contributed by atoms with Crippen LogP contribution in [0.2, 0.25) is 0 Å². The summed E-state index contributed by atoms with van der Waals surface area (Å²) in [7, 11) is 1.77. The van der Waals surface area contributed by atoms with Crippen LogP contribution in [-0.2, 0) is 18.3 Å². The number of aromatic nitrogens is 2. The van der Waals surface area contributed by atoms with Crippen LogP contribution in [0.25, 0.3) is 0 Å². The standard InChI is InChI=1S/C18H21N3O2/c1-11-16(12(2)21(3)20-11)17(22)18(23)19-15-10-6-8-13-7-4-5-9-14(13)15/h4-5,7,9,15H,6,8,10H2,1-3H3,(H,19,23). The summed E-state index contributed by atoms with van der Waals surface area (Å²) in [6.45, 7) is 3.56. The Morgan fingerprint density at radius 3 is 2.70 bits per heavy atom. The van der Waals surface area contributed by atoms with Crippen molar-refractivity contribution in [2.45, 2.75) is 39.2 Å². The van der Waals surface area contributed by atoms with Crippen LogP contribution in [0.1, 0.15) is 51.8 Å². The summed E-state index contributed by atoms with van der Waals surface area (Å²) in [6.07, 6.45) is 2.90. The minimum atomic E-state index is -0.550. The largest absolute Gasteiger partial charge is 0.342 e. The van der Waals surface area contributed by atoms with Crippen LogP contribution in [0.15, 0.2) is 24.3 Å². The number of hydrogen-bond donors (Lipinski definition) is 1. The van der Waals surface area contributed by atoms with Gasteiger partial charge >= 0.3 is 0 Å². The third kappa shape index (κ3) is 2.79. The maximum Gasteiger partial charge on any atom is 0.293 e. The van der Waals surface area contributed by atoms with E-state index >= 15 is 0 Å². The van der Waals surface area contributed by atoms with Crippen molar-refractivity contribution in [3.8, 4) is 0 Å². The average Bonchev–Trinajstić information content (AvgIpc) is 2.79. The monoisotopic (exact) mass is 311 g/mol. The first-order valence-electron chi connectivity index (χ1n) is 7.92. The molecule has 1 aromatic carbocycles. The van der Waals surface area contributed by atoms with Crippen molar-refractivity contribution in [1.82, 2.24) is 15.1 Å². The highest BCUT2D eigenvalue weighted by Gasteiger charge is 2.28. The van der Waals surface area contributed by atoms with Gasteiger partial charge in [0.2, 0.25) is 0 Å². The molecule has 5 heteroatoms. The first-order chi connectivity index (χ1) is 11.0. The summed E-state index contributed by atoms with van der Waals surface area (Å²) in [6, 6.07) is 8.01. The number of nitrogens with zero attached hydrogens (tertiary/aromatic N) is 2. The van der Waals surface area contributed by atoms with Crippen molar-refractivity contribution < 1.29 is 9.59 Å². The summed E-state index contributed by atoms with van der Waals surface area (Å²) in [4.78, 5) is 25.0. The predicted molar refractivity (Wildman–Crippen MR) is 87.3 cm³/mol. The molecule has 1 heterocycles. The fourth-order valence-corrected chi connectivity index (χ4v) is 3.34. The molecule has 0 saturated carbocycles. The highest BCUT2D eigenvalue weighted by Crippen LogP contribution is 2.29. The van der Waals surface area contributed by atoms with Crippen LogP contribution < -0.4 is 5.32 Å². The molecule has 1 aliphatic rings. The number of rotatable bonds is 3. The van der Waals surface area contributed by atoms with Crippen LogP contribution >= 0.6 is 0 Å². The van der Waals surface area contributed by atoms with E-state index in [4.69, 9.17) is 0 Å². The van der Waals surface area contributed by atoms with E-state index in [1.54, 1.807) is 25.6 Å². The van der Waals surface area contributed by atoms with Gasteiger partial charge in [-0.1, -0.05) is 24.3 Å². The van der Waals surface area contributed by atoms with Gasteiger partial charge in [-0.05, 0) is 44.2 Å². The Labute approximate surface area is 135 Å². The summed E-state index contributed by atoms with van der Waals surface area (Å²) < 4.78 is 1.63. The number of carbonyl (C=O) groups excluding carboxylic acids is 2. The molecular weight excluding hydrogens is 290 g/mol. The van der Waals surface area contributed by atoms with Crippen LogP contribution in [-0.4, -0.2) is 21.5 Å². The topological polar surface area (TPSA) is 64.0 Å². The third-order valence-electron chi connectivity index (χ3n) is 4.62. The molecule has 1 aromatic heterocycles. The summed E-state index contributed by atoms with van der Waals surface area (Å²) in [5.74, 6) is -1.05. The lowest BCUT2D eigenvalue weighted by atomic mass is 9.87. The van der Waals surface area contributed by atoms with Gasteiger partial charge < -0.3 is 5.32 Å². The van der Waals surface area contributed by atoms with Gasteiger partial charge in [0.05, 0.1) is 17.3 Å². The number of fused-ring (bicyclic) bond motifs is 1. The molecule has 1 N–H and O–H groups in total. The number of carbonyl (C=O) groups is 2. The molecule has 0 spiro atoms. The lowest BCUT2D eigenvalue weighted by Gasteiger charge is -2.26. The van der Waals surface area contributed by atoms with E-state index in [2.05, 4.69) is 16.5 Å². The van der Waals surface area contributed by atoms with Crippen LogP contribution in [0.4, 0.5) is 0 Å². The van der Waals surface area contributed by atoms with Crippen molar-refractivity contribution in [2.75, 3.05) is 0 Å². The highest BCUT2D eigenvalue weighted by molar-refractivity contribution is 6.43. The zero-order valence-corrected chi connectivity index (χ0v) is 13.7. The number of nitrogens with one attached hydrogen (secondary N) is 1. The zero-order valence-electron chi connectivity index (χ0n) is 13.7. The first kappa shape index (κ1) is 15.5. The number of benzene rings is 1. The molecule has 120 valence electrons. The van der Waals surface area contributed by atoms with Gasteiger partial charge in [-0.3, -0.25) is 14.3 Å². The molecule has 1 amide bonds. The molecule has 0 fully saturated rings. The lowest BCUT2D eigenvalue weighted by Crippen LogP contribution is -2.36. The Morgan fingerprint density at radius 2 is 2.00 bits per heavy atom. The number of amides is 1. The van der Waals surface area contributed by atoms with Crippen molar-refractivity contribution in [3.63, 3.8) is 0 Å². The SMILES string of the molecule is Cc1nn(C)c(C)c1C(=O)C(=O)NC1CCCc2ccccc21. The quantitative estimate of drug-likeness (QED) is 0.699. The van der Waals surface area contributed by atoms with Gasteiger partial charge in [0.1, 0.15) is 0 Å².